The first kappa shape index (κ1) is 16.9. The molecule has 0 heterocycles. The van der Waals surface area contributed by atoms with Gasteiger partial charge < -0.3 is 21.9 Å². The van der Waals surface area contributed by atoms with E-state index in [9.17, 15) is 14.7 Å². The Balaban J connectivity index is 2.06. The summed E-state index contributed by atoms with van der Waals surface area (Å²) in [5.41, 5.74) is 12.0. The highest BCUT2D eigenvalue weighted by atomic mass is 16.3. The number of carbonyl (C=O) groups is 2. The molecule has 0 radical (unpaired) electrons. The van der Waals surface area contributed by atoms with Gasteiger partial charge in [0.1, 0.15) is 6.04 Å². The average Bonchev–Trinajstić information content (AvgIpc) is 2.51. The van der Waals surface area contributed by atoms with Crippen LogP contribution in [0.1, 0.15) is 12.5 Å². The minimum Gasteiger partial charge on any atom is -0.391 e. The zero-order valence-corrected chi connectivity index (χ0v) is 12.9. The van der Waals surface area contributed by atoms with Crippen LogP contribution < -0.4 is 16.8 Å². The number of rotatable bonds is 6. The third kappa shape index (κ3) is 4.28. The van der Waals surface area contributed by atoms with Gasteiger partial charge in [0.2, 0.25) is 11.8 Å². The van der Waals surface area contributed by atoms with Crippen LogP contribution in [0.15, 0.2) is 42.5 Å². The third-order valence-electron chi connectivity index (χ3n) is 3.69. The lowest BCUT2D eigenvalue weighted by molar-refractivity contribution is -0.130. The van der Waals surface area contributed by atoms with Gasteiger partial charge in [0.05, 0.1) is 12.1 Å². The number of hydrogen-bond donors (Lipinski definition) is 4. The maximum absolute atomic E-state index is 12.1. The van der Waals surface area contributed by atoms with Crippen LogP contribution in [0.2, 0.25) is 0 Å². The molecule has 0 aliphatic carbocycles. The molecule has 6 heteroatoms. The molecule has 0 aliphatic heterocycles. The summed E-state index contributed by atoms with van der Waals surface area (Å²) in [6.07, 6.45) is -0.758. The highest BCUT2D eigenvalue weighted by Crippen LogP contribution is 2.16. The van der Waals surface area contributed by atoms with Crippen LogP contribution in [0.4, 0.5) is 0 Å². The Morgan fingerprint density at radius 3 is 2.43 bits per heavy atom. The molecule has 0 aliphatic rings. The van der Waals surface area contributed by atoms with Crippen LogP contribution in [0, 0.1) is 0 Å². The molecule has 6 N–H and O–H groups in total. The van der Waals surface area contributed by atoms with Crippen molar-refractivity contribution in [2.75, 3.05) is 0 Å². The van der Waals surface area contributed by atoms with Crippen molar-refractivity contribution < 1.29 is 14.7 Å². The number of nitrogens with one attached hydrogen (secondary N) is 1. The number of hydrogen-bond acceptors (Lipinski definition) is 4. The van der Waals surface area contributed by atoms with Crippen molar-refractivity contribution in [1.82, 2.24) is 5.32 Å². The molecule has 2 amide bonds. The molecule has 2 aromatic carbocycles. The van der Waals surface area contributed by atoms with Crippen molar-refractivity contribution in [2.24, 2.45) is 11.5 Å². The van der Waals surface area contributed by atoms with Crippen LogP contribution in [0.5, 0.6) is 0 Å². The van der Waals surface area contributed by atoms with E-state index in [2.05, 4.69) is 5.32 Å². The second-order valence-corrected chi connectivity index (χ2v) is 5.62. The standard InChI is InChI=1S/C17H21N3O3/c1-10(21)15(16(19)22)20-17(23)14(18)9-11-6-7-12-4-2-3-5-13(12)8-11/h2-8,10,14-15,21H,9,18H2,1H3,(H2,19,22)(H,20,23)/t10-,14-,15+/m1/s1. The van der Waals surface area contributed by atoms with Crippen LogP contribution >= 0.6 is 0 Å². The fourth-order valence-corrected chi connectivity index (χ4v) is 2.40. The first-order valence-corrected chi connectivity index (χ1v) is 7.39. The van der Waals surface area contributed by atoms with Gasteiger partial charge in [-0.3, -0.25) is 9.59 Å². The minimum atomic E-state index is -1.15. The largest absolute Gasteiger partial charge is 0.391 e. The van der Waals surface area contributed by atoms with E-state index in [-0.39, 0.29) is 0 Å². The van der Waals surface area contributed by atoms with E-state index in [4.69, 9.17) is 11.5 Å². The van der Waals surface area contributed by atoms with Gasteiger partial charge in [0.15, 0.2) is 0 Å². The number of primary amides is 1. The van der Waals surface area contributed by atoms with Crippen LogP contribution in [0.25, 0.3) is 10.8 Å². The molecule has 0 fully saturated rings. The van der Waals surface area contributed by atoms with E-state index >= 15 is 0 Å². The maximum Gasteiger partial charge on any atom is 0.242 e. The van der Waals surface area contributed by atoms with Gasteiger partial charge in [-0.05, 0) is 29.7 Å². The van der Waals surface area contributed by atoms with E-state index < -0.39 is 30.0 Å². The van der Waals surface area contributed by atoms with E-state index in [1.165, 1.54) is 6.92 Å². The van der Waals surface area contributed by atoms with Crippen LogP contribution in [-0.4, -0.2) is 35.1 Å². The van der Waals surface area contributed by atoms with Gasteiger partial charge in [0, 0.05) is 0 Å². The Morgan fingerprint density at radius 1 is 1.17 bits per heavy atom. The molecule has 23 heavy (non-hydrogen) atoms. The Bertz CT molecular complexity index is 715. The Hall–Kier alpha value is -2.44. The van der Waals surface area contributed by atoms with E-state index in [1.807, 2.05) is 42.5 Å². The summed E-state index contributed by atoms with van der Waals surface area (Å²) in [4.78, 5) is 23.3. The van der Waals surface area contributed by atoms with Gasteiger partial charge in [0.25, 0.3) is 0 Å². The minimum absolute atomic E-state index is 0.321. The highest BCUT2D eigenvalue weighted by molar-refractivity contribution is 5.89. The molecule has 2 rings (SSSR count). The third-order valence-corrected chi connectivity index (χ3v) is 3.69. The Labute approximate surface area is 134 Å². The van der Waals surface area contributed by atoms with Gasteiger partial charge in [-0.2, -0.15) is 0 Å². The number of fused-ring (bicyclic) bond motifs is 1. The number of aliphatic hydroxyl groups is 1. The number of aliphatic hydroxyl groups excluding tert-OH is 1. The molecule has 6 nitrogen and oxygen atoms in total. The summed E-state index contributed by atoms with van der Waals surface area (Å²) < 4.78 is 0. The van der Waals surface area contributed by atoms with Crippen molar-refractivity contribution in [3.05, 3.63) is 48.0 Å². The predicted octanol–water partition coefficient (Wildman–Crippen LogP) is 0.0605. The highest BCUT2D eigenvalue weighted by Gasteiger charge is 2.25. The molecular formula is C17H21N3O3. The van der Waals surface area contributed by atoms with Crippen molar-refractivity contribution in [1.29, 1.82) is 0 Å². The van der Waals surface area contributed by atoms with Crippen molar-refractivity contribution >= 4 is 22.6 Å². The first-order valence-electron chi connectivity index (χ1n) is 7.39. The lowest BCUT2D eigenvalue weighted by atomic mass is 10.0. The van der Waals surface area contributed by atoms with Gasteiger partial charge in [-0.25, -0.2) is 0 Å². The summed E-state index contributed by atoms with van der Waals surface area (Å²) in [6, 6.07) is 11.8. The molecule has 3 atom stereocenters. The number of nitrogens with two attached hydrogens (primary N) is 2. The fourth-order valence-electron chi connectivity index (χ4n) is 2.40. The lowest BCUT2D eigenvalue weighted by Gasteiger charge is -2.20. The molecule has 0 unspecified atom stereocenters. The van der Waals surface area contributed by atoms with E-state index in [1.54, 1.807) is 0 Å². The second kappa shape index (κ2) is 7.21. The molecule has 0 aromatic heterocycles. The summed E-state index contributed by atoms with van der Waals surface area (Å²) >= 11 is 0. The van der Waals surface area contributed by atoms with Crippen molar-refractivity contribution in [3.63, 3.8) is 0 Å². The summed E-state index contributed by atoms with van der Waals surface area (Å²) in [5.74, 6) is -1.32. The van der Waals surface area contributed by atoms with Gasteiger partial charge in [-0.1, -0.05) is 42.5 Å². The summed E-state index contributed by atoms with van der Waals surface area (Å²) in [7, 11) is 0. The maximum atomic E-state index is 12.1. The SMILES string of the molecule is C[C@@H](O)[C@H](NC(=O)[C@H](N)Cc1ccc2ccccc2c1)C(N)=O. The van der Waals surface area contributed by atoms with Crippen molar-refractivity contribution in [2.45, 2.75) is 31.5 Å². The molecule has 0 spiro atoms. The monoisotopic (exact) mass is 315 g/mol. The van der Waals surface area contributed by atoms with E-state index in [0.29, 0.717) is 6.42 Å². The summed E-state index contributed by atoms with van der Waals surface area (Å²) in [6.45, 7) is 1.38. The molecule has 122 valence electrons. The predicted molar refractivity (Wildman–Crippen MR) is 88.4 cm³/mol. The van der Waals surface area contributed by atoms with Crippen molar-refractivity contribution in [3.8, 4) is 0 Å². The number of amides is 2. The van der Waals surface area contributed by atoms with E-state index in [0.717, 1.165) is 16.3 Å². The average molecular weight is 315 g/mol. The van der Waals surface area contributed by atoms with Gasteiger partial charge in [-0.15, -0.1) is 0 Å². The zero-order chi connectivity index (χ0) is 17.0. The zero-order valence-electron chi connectivity index (χ0n) is 12.9. The van der Waals surface area contributed by atoms with Gasteiger partial charge >= 0.3 is 0 Å². The fraction of sp³-hybridized carbons (Fsp3) is 0.294. The molecule has 0 saturated heterocycles. The normalized spacial score (nSPS) is 14.9. The van der Waals surface area contributed by atoms with Crippen LogP contribution in [0.3, 0.4) is 0 Å². The topological polar surface area (TPSA) is 118 Å². The molecule has 2 aromatic rings. The first-order chi connectivity index (χ1) is 10.9. The molecular weight excluding hydrogens is 294 g/mol. The quantitative estimate of drug-likeness (QED) is 0.603. The molecule has 0 bridgehead atoms. The Kier molecular flexibility index (Phi) is 5.31. The second-order valence-electron chi connectivity index (χ2n) is 5.62. The lowest BCUT2D eigenvalue weighted by Crippen LogP contribution is -2.55. The number of carbonyl (C=O) groups excluding carboxylic acids is 2. The smallest absolute Gasteiger partial charge is 0.242 e. The van der Waals surface area contributed by atoms with Crippen LogP contribution in [-0.2, 0) is 16.0 Å². The number of benzene rings is 2. The Morgan fingerprint density at radius 2 is 1.83 bits per heavy atom. The molecule has 0 saturated carbocycles. The summed E-state index contributed by atoms with van der Waals surface area (Å²) in [5, 5.41) is 14.0.